The van der Waals surface area contributed by atoms with Crippen molar-refractivity contribution in [2.45, 2.75) is 13.1 Å². The van der Waals surface area contributed by atoms with Crippen molar-refractivity contribution in [3.63, 3.8) is 0 Å². The summed E-state index contributed by atoms with van der Waals surface area (Å²) in [6.07, 6.45) is 1.81. The molecule has 4 aromatic rings. The van der Waals surface area contributed by atoms with Gasteiger partial charge in [-0.2, -0.15) is 4.98 Å². The second-order valence-electron chi connectivity index (χ2n) is 8.25. The highest BCUT2D eigenvalue weighted by Gasteiger charge is 2.20. The molecule has 2 aromatic carbocycles. The van der Waals surface area contributed by atoms with E-state index < -0.39 is 0 Å². The van der Waals surface area contributed by atoms with Crippen molar-refractivity contribution in [1.29, 1.82) is 0 Å². The molecular weight excluding hydrogens is 418 g/mol. The van der Waals surface area contributed by atoms with E-state index in [1.54, 1.807) is 0 Å². The van der Waals surface area contributed by atoms with Crippen molar-refractivity contribution < 1.29 is 9.47 Å². The summed E-state index contributed by atoms with van der Waals surface area (Å²) in [5.74, 6) is 4.10. The first kappa shape index (κ1) is 19.8. The third-order valence-corrected chi connectivity index (χ3v) is 6.02. The van der Waals surface area contributed by atoms with Crippen LogP contribution >= 0.6 is 0 Å². The predicted molar refractivity (Wildman–Crippen MR) is 126 cm³/mol. The zero-order valence-electron chi connectivity index (χ0n) is 18.2. The Kier molecular flexibility index (Phi) is 5.16. The van der Waals surface area contributed by atoms with Crippen molar-refractivity contribution in [2.75, 3.05) is 43.2 Å². The smallest absolute Gasteiger partial charge is 0.231 e. The van der Waals surface area contributed by atoms with E-state index in [1.807, 2.05) is 42.6 Å². The van der Waals surface area contributed by atoms with Crippen LogP contribution in [-0.4, -0.2) is 57.8 Å². The highest BCUT2D eigenvalue weighted by molar-refractivity contribution is 5.74. The number of hydrogen-bond acceptors (Lipinski definition) is 8. The molecule has 0 aliphatic carbocycles. The van der Waals surface area contributed by atoms with Crippen molar-refractivity contribution in [2.24, 2.45) is 0 Å². The van der Waals surface area contributed by atoms with E-state index >= 15 is 0 Å². The van der Waals surface area contributed by atoms with Gasteiger partial charge in [-0.15, -0.1) is 0 Å². The molecule has 33 heavy (non-hydrogen) atoms. The lowest BCUT2D eigenvalue weighted by atomic mass is 10.1. The van der Waals surface area contributed by atoms with Crippen molar-refractivity contribution in [1.82, 2.24) is 24.8 Å². The number of anilines is 2. The molecule has 4 heterocycles. The number of aromatic nitrogens is 4. The zero-order valence-corrected chi connectivity index (χ0v) is 18.2. The number of nitrogens with one attached hydrogen (secondary N) is 2. The van der Waals surface area contributed by atoms with Crippen LogP contribution in [0.1, 0.15) is 11.4 Å². The highest BCUT2D eigenvalue weighted by atomic mass is 16.7. The molecule has 168 valence electrons. The first-order valence-corrected chi connectivity index (χ1v) is 11.2. The normalized spacial score (nSPS) is 15.8. The van der Waals surface area contributed by atoms with E-state index in [0.29, 0.717) is 13.3 Å². The minimum absolute atomic E-state index is 0.309. The summed E-state index contributed by atoms with van der Waals surface area (Å²) in [5, 5.41) is 3.36. The van der Waals surface area contributed by atoms with E-state index in [0.717, 1.165) is 72.8 Å². The molecule has 0 unspecified atom stereocenters. The standard InChI is InChI=1S/C24H25N7O2/c1-2-4-19-18(3-1)27-23(28-19)14-26-22-7-8-25-24(29-22)31-11-9-30(10-12-31)15-17-5-6-20-21(13-17)33-16-32-20/h1-8,13H,9-12,14-16H2,(H,27,28)(H,25,26,29). The van der Waals surface area contributed by atoms with Gasteiger partial charge in [-0.05, 0) is 35.9 Å². The summed E-state index contributed by atoms with van der Waals surface area (Å²) < 4.78 is 10.9. The maximum Gasteiger partial charge on any atom is 0.231 e. The van der Waals surface area contributed by atoms with Gasteiger partial charge in [-0.3, -0.25) is 4.90 Å². The van der Waals surface area contributed by atoms with Crippen LogP contribution in [-0.2, 0) is 13.1 Å². The molecule has 2 aromatic heterocycles. The zero-order chi connectivity index (χ0) is 22.0. The highest BCUT2D eigenvalue weighted by Crippen LogP contribution is 2.33. The Hall–Kier alpha value is -3.85. The Balaban J connectivity index is 1.05. The van der Waals surface area contributed by atoms with Crippen LogP contribution in [0.15, 0.2) is 54.7 Å². The summed E-state index contributed by atoms with van der Waals surface area (Å²) in [6, 6.07) is 16.1. The Morgan fingerprint density at radius 3 is 2.73 bits per heavy atom. The van der Waals surface area contributed by atoms with Gasteiger partial charge in [0.15, 0.2) is 11.5 Å². The third-order valence-electron chi connectivity index (χ3n) is 6.02. The van der Waals surface area contributed by atoms with Gasteiger partial charge in [0.1, 0.15) is 11.6 Å². The maximum atomic E-state index is 5.50. The Labute approximate surface area is 191 Å². The Bertz CT molecular complexity index is 1230. The van der Waals surface area contributed by atoms with Crippen LogP contribution < -0.4 is 19.7 Å². The molecule has 0 bridgehead atoms. The van der Waals surface area contributed by atoms with Gasteiger partial charge < -0.3 is 24.7 Å². The van der Waals surface area contributed by atoms with E-state index in [2.05, 4.69) is 42.2 Å². The van der Waals surface area contributed by atoms with Crippen LogP contribution in [0.25, 0.3) is 11.0 Å². The third kappa shape index (κ3) is 4.27. The van der Waals surface area contributed by atoms with Crippen LogP contribution in [0.2, 0.25) is 0 Å². The number of nitrogens with zero attached hydrogens (tertiary/aromatic N) is 5. The maximum absolute atomic E-state index is 5.50. The molecule has 1 saturated heterocycles. The largest absolute Gasteiger partial charge is 0.454 e. The van der Waals surface area contributed by atoms with E-state index in [-0.39, 0.29) is 0 Å². The Morgan fingerprint density at radius 2 is 1.82 bits per heavy atom. The monoisotopic (exact) mass is 443 g/mol. The molecule has 9 heteroatoms. The molecule has 2 aliphatic rings. The van der Waals surface area contributed by atoms with Crippen LogP contribution in [0.5, 0.6) is 11.5 Å². The van der Waals surface area contributed by atoms with Gasteiger partial charge in [0.2, 0.25) is 12.7 Å². The fourth-order valence-electron chi connectivity index (χ4n) is 4.27. The van der Waals surface area contributed by atoms with Gasteiger partial charge in [-0.1, -0.05) is 18.2 Å². The number of hydrogen-bond donors (Lipinski definition) is 2. The van der Waals surface area contributed by atoms with Crippen LogP contribution in [0.4, 0.5) is 11.8 Å². The van der Waals surface area contributed by atoms with Crippen molar-refractivity contribution in [3.05, 3.63) is 66.1 Å². The second-order valence-corrected chi connectivity index (χ2v) is 8.25. The molecular formula is C24H25N7O2. The molecule has 1 fully saturated rings. The quantitative estimate of drug-likeness (QED) is 0.470. The average Bonchev–Trinajstić information content (AvgIpc) is 3.50. The predicted octanol–water partition coefficient (Wildman–Crippen LogP) is 3.02. The number of imidazole rings is 1. The van der Waals surface area contributed by atoms with Gasteiger partial charge in [-0.25, -0.2) is 9.97 Å². The van der Waals surface area contributed by atoms with Gasteiger partial charge >= 0.3 is 0 Å². The number of piperazine rings is 1. The fraction of sp³-hybridized carbons (Fsp3) is 0.292. The first-order valence-electron chi connectivity index (χ1n) is 11.2. The van der Waals surface area contributed by atoms with Gasteiger partial charge in [0, 0.05) is 38.9 Å². The average molecular weight is 444 g/mol. The molecule has 0 atom stereocenters. The molecule has 9 nitrogen and oxygen atoms in total. The lowest BCUT2D eigenvalue weighted by Gasteiger charge is -2.34. The van der Waals surface area contributed by atoms with Gasteiger partial charge in [0.05, 0.1) is 17.6 Å². The molecule has 6 rings (SSSR count). The summed E-state index contributed by atoms with van der Waals surface area (Å²) >= 11 is 0. The summed E-state index contributed by atoms with van der Waals surface area (Å²) in [6.45, 7) is 5.46. The number of H-pyrrole nitrogens is 1. The number of benzene rings is 2. The van der Waals surface area contributed by atoms with E-state index in [1.165, 1.54) is 5.56 Å². The Morgan fingerprint density at radius 1 is 0.939 bits per heavy atom. The number of ether oxygens (including phenoxy) is 2. The summed E-state index contributed by atoms with van der Waals surface area (Å²) in [5.41, 5.74) is 3.24. The fourth-order valence-corrected chi connectivity index (χ4v) is 4.27. The van der Waals surface area contributed by atoms with Crippen LogP contribution in [0.3, 0.4) is 0 Å². The summed E-state index contributed by atoms with van der Waals surface area (Å²) in [7, 11) is 0. The van der Waals surface area contributed by atoms with E-state index in [9.17, 15) is 0 Å². The number of fused-ring (bicyclic) bond motifs is 2. The molecule has 2 N–H and O–H groups in total. The lowest BCUT2D eigenvalue weighted by molar-refractivity contribution is 0.174. The molecule has 2 aliphatic heterocycles. The molecule has 0 amide bonds. The first-order chi connectivity index (χ1) is 16.3. The van der Waals surface area contributed by atoms with Crippen LogP contribution in [0, 0.1) is 0 Å². The minimum Gasteiger partial charge on any atom is -0.454 e. The van der Waals surface area contributed by atoms with Crippen molar-refractivity contribution in [3.8, 4) is 11.5 Å². The molecule has 0 saturated carbocycles. The minimum atomic E-state index is 0.309. The summed E-state index contributed by atoms with van der Waals surface area (Å²) in [4.78, 5) is 21.9. The SMILES string of the molecule is c1ccc2[nH]c(CNc3ccnc(N4CCN(Cc5ccc6c(c5)OCO6)CC4)n3)nc2c1. The van der Waals surface area contributed by atoms with E-state index in [4.69, 9.17) is 14.5 Å². The molecule has 0 radical (unpaired) electrons. The van der Waals surface area contributed by atoms with Crippen molar-refractivity contribution >= 4 is 22.8 Å². The number of rotatable bonds is 6. The topological polar surface area (TPSA) is 91.4 Å². The number of para-hydroxylation sites is 2. The lowest BCUT2D eigenvalue weighted by Crippen LogP contribution is -2.46. The second kappa shape index (κ2) is 8.59. The number of aromatic amines is 1. The van der Waals surface area contributed by atoms with Gasteiger partial charge in [0.25, 0.3) is 0 Å². The molecule has 0 spiro atoms.